The van der Waals surface area contributed by atoms with Gasteiger partial charge in [-0.3, -0.25) is 4.90 Å². The smallest absolute Gasteiger partial charge is 0.129 e. The van der Waals surface area contributed by atoms with Gasteiger partial charge in [-0.05, 0) is 32.2 Å². The van der Waals surface area contributed by atoms with Crippen molar-refractivity contribution in [2.45, 2.75) is 51.5 Å². The predicted molar refractivity (Wildman–Crippen MR) is 68.1 cm³/mol. The van der Waals surface area contributed by atoms with E-state index in [2.05, 4.69) is 11.8 Å². The number of carbonyl (C=O) groups excluding carboxylic acids is 1. The minimum atomic E-state index is -0.211. The van der Waals surface area contributed by atoms with E-state index in [0.29, 0.717) is 12.6 Å². The predicted octanol–water partition coefficient (Wildman–Crippen LogP) is 2.25. The number of carbonyl (C=O) groups is 1. The number of aldehydes is 1. The van der Waals surface area contributed by atoms with Gasteiger partial charge in [0, 0.05) is 19.2 Å². The maximum Gasteiger partial charge on any atom is 0.129 e. The van der Waals surface area contributed by atoms with Gasteiger partial charge >= 0.3 is 0 Å². The summed E-state index contributed by atoms with van der Waals surface area (Å²) in [6.07, 6.45) is 8.53. The molecule has 0 aromatic rings. The van der Waals surface area contributed by atoms with Crippen molar-refractivity contribution in [2.24, 2.45) is 5.41 Å². The first-order valence-electron chi connectivity index (χ1n) is 7.08. The maximum absolute atomic E-state index is 11.4. The molecule has 0 bridgehead atoms. The lowest BCUT2D eigenvalue weighted by atomic mass is 9.87. The lowest BCUT2D eigenvalue weighted by Crippen LogP contribution is -2.44. The van der Waals surface area contributed by atoms with E-state index < -0.39 is 0 Å². The Hall–Kier alpha value is -0.410. The van der Waals surface area contributed by atoms with Crippen molar-refractivity contribution in [3.8, 4) is 0 Å². The summed E-state index contributed by atoms with van der Waals surface area (Å²) in [6, 6.07) is 0.676. The normalized spacial score (nSPS) is 35.7. The summed E-state index contributed by atoms with van der Waals surface area (Å²) < 4.78 is 5.44. The number of ether oxygens (including phenoxy) is 1. The minimum Gasteiger partial charge on any atom is -0.380 e. The summed E-state index contributed by atoms with van der Waals surface area (Å²) in [5.41, 5.74) is -0.211. The third-order valence-electron chi connectivity index (χ3n) is 4.37. The van der Waals surface area contributed by atoms with E-state index in [-0.39, 0.29) is 5.41 Å². The summed E-state index contributed by atoms with van der Waals surface area (Å²) in [4.78, 5) is 13.9. The van der Waals surface area contributed by atoms with E-state index in [1.165, 1.54) is 32.1 Å². The maximum atomic E-state index is 11.4. The first-order valence-corrected chi connectivity index (χ1v) is 7.08. The molecule has 2 aliphatic heterocycles. The molecule has 0 amide bonds. The van der Waals surface area contributed by atoms with Gasteiger partial charge in [-0.1, -0.05) is 19.8 Å². The second kappa shape index (κ2) is 5.96. The fraction of sp³-hybridized carbons (Fsp3) is 0.929. The summed E-state index contributed by atoms with van der Waals surface area (Å²) in [5.74, 6) is 0. The van der Waals surface area contributed by atoms with Crippen LogP contribution in [0.5, 0.6) is 0 Å². The molecule has 2 saturated heterocycles. The summed E-state index contributed by atoms with van der Waals surface area (Å²) in [5, 5.41) is 0. The van der Waals surface area contributed by atoms with Crippen LogP contribution in [0.3, 0.4) is 0 Å². The average Bonchev–Trinajstić information content (AvgIpc) is 2.70. The zero-order chi connectivity index (χ0) is 12.1. The van der Waals surface area contributed by atoms with Gasteiger partial charge < -0.3 is 9.53 Å². The molecule has 0 saturated carbocycles. The molecule has 0 spiro atoms. The molecular weight excluding hydrogens is 214 g/mol. The number of hydrogen-bond acceptors (Lipinski definition) is 3. The highest BCUT2D eigenvalue weighted by Gasteiger charge is 2.37. The van der Waals surface area contributed by atoms with Crippen LogP contribution in [-0.2, 0) is 9.53 Å². The van der Waals surface area contributed by atoms with Crippen molar-refractivity contribution in [3.63, 3.8) is 0 Å². The van der Waals surface area contributed by atoms with E-state index in [0.717, 1.165) is 32.4 Å². The van der Waals surface area contributed by atoms with Crippen LogP contribution >= 0.6 is 0 Å². The molecule has 0 N–H and O–H groups in total. The van der Waals surface area contributed by atoms with Crippen LogP contribution in [0.15, 0.2) is 0 Å². The van der Waals surface area contributed by atoms with Gasteiger partial charge in [0.2, 0.25) is 0 Å². The van der Waals surface area contributed by atoms with Crippen molar-refractivity contribution < 1.29 is 9.53 Å². The molecule has 2 atom stereocenters. The monoisotopic (exact) mass is 239 g/mol. The van der Waals surface area contributed by atoms with Crippen LogP contribution < -0.4 is 0 Å². The first-order chi connectivity index (χ1) is 8.29. The van der Waals surface area contributed by atoms with Crippen LogP contribution in [0.1, 0.15) is 45.4 Å². The average molecular weight is 239 g/mol. The Morgan fingerprint density at radius 1 is 1.41 bits per heavy atom. The van der Waals surface area contributed by atoms with Gasteiger partial charge in [0.25, 0.3) is 0 Å². The molecule has 3 heteroatoms. The molecule has 0 radical (unpaired) electrons. The van der Waals surface area contributed by atoms with Gasteiger partial charge in [-0.15, -0.1) is 0 Å². The first kappa shape index (κ1) is 13.0. The second-order valence-electron chi connectivity index (χ2n) is 5.66. The lowest BCUT2D eigenvalue weighted by Gasteiger charge is -2.34. The molecule has 0 aromatic heterocycles. The molecule has 2 rings (SSSR count). The van der Waals surface area contributed by atoms with Gasteiger partial charge in [0.05, 0.1) is 12.0 Å². The van der Waals surface area contributed by atoms with Crippen molar-refractivity contribution in [1.82, 2.24) is 4.90 Å². The Kier molecular flexibility index (Phi) is 4.57. The lowest BCUT2D eigenvalue weighted by molar-refractivity contribution is -0.117. The third kappa shape index (κ3) is 3.08. The molecule has 0 aromatic carbocycles. The molecule has 2 unspecified atom stereocenters. The van der Waals surface area contributed by atoms with E-state index in [1.807, 2.05) is 0 Å². The summed E-state index contributed by atoms with van der Waals surface area (Å²) >= 11 is 0. The van der Waals surface area contributed by atoms with Crippen LogP contribution in [0.4, 0.5) is 0 Å². The Morgan fingerprint density at radius 3 is 2.94 bits per heavy atom. The quantitative estimate of drug-likeness (QED) is 0.705. The summed E-state index contributed by atoms with van der Waals surface area (Å²) in [6.45, 7) is 5.72. The molecule has 17 heavy (non-hydrogen) atoms. The van der Waals surface area contributed by atoms with Crippen LogP contribution in [0, 0.1) is 5.41 Å². The zero-order valence-electron chi connectivity index (χ0n) is 11.0. The van der Waals surface area contributed by atoms with Gasteiger partial charge in [-0.2, -0.15) is 0 Å². The van der Waals surface area contributed by atoms with Gasteiger partial charge in [-0.25, -0.2) is 0 Å². The highest BCUT2D eigenvalue weighted by Crippen LogP contribution is 2.30. The van der Waals surface area contributed by atoms with Crippen LogP contribution in [-0.4, -0.2) is 43.5 Å². The van der Waals surface area contributed by atoms with Crippen molar-refractivity contribution in [1.29, 1.82) is 0 Å². The zero-order valence-corrected chi connectivity index (χ0v) is 11.0. The molecule has 0 aliphatic carbocycles. The Bertz CT molecular complexity index is 249. The minimum absolute atomic E-state index is 0.211. The van der Waals surface area contributed by atoms with E-state index in [9.17, 15) is 4.79 Å². The number of nitrogens with zero attached hydrogens (tertiary/aromatic N) is 1. The molecular formula is C14H25NO2. The molecule has 2 heterocycles. The topological polar surface area (TPSA) is 29.5 Å². The summed E-state index contributed by atoms with van der Waals surface area (Å²) in [7, 11) is 0. The second-order valence-corrected chi connectivity index (χ2v) is 5.66. The van der Waals surface area contributed by atoms with Crippen LogP contribution in [0.25, 0.3) is 0 Å². The fourth-order valence-electron chi connectivity index (χ4n) is 3.19. The van der Waals surface area contributed by atoms with Crippen molar-refractivity contribution in [3.05, 3.63) is 0 Å². The van der Waals surface area contributed by atoms with E-state index in [4.69, 9.17) is 4.74 Å². The standard InChI is InChI=1S/C14H25NO2/c1-2-13-6-4-3-5-8-15(13)10-14(11-16)7-9-17-12-14/h11,13H,2-10,12H2,1H3. The number of likely N-dealkylation sites (tertiary alicyclic amines) is 1. The third-order valence-corrected chi connectivity index (χ3v) is 4.37. The Labute approximate surface area is 105 Å². The Morgan fingerprint density at radius 2 is 2.29 bits per heavy atom. The van der Waals surface area contributed by atoms with Crippen molar-refractivity contribution >= 4 is 6.29 Å². The molecule has 2 aliphatic rings. The van der Waals surface area contributed by atoms with E-state index in [1.54, 1.807) is 0 Å². The van der Waals surface area contributed by atoms with Crippen LogP contribution in [0.2, 0.25) is 0 Å². The number of hydrogen-bond donors (Lipinski definition) is 0. The van der Waals surface area contributed by atoms with Gasteiger partial charge in [0.1, 0.15) is 6.29 Å². The Balaban J connectivity index is 2.00. The van der Waals surface area contributed by atoms with Crippen molar-refractivity contribution in [2.75, 3.05) is 26.3 Å². The van der Waals surface area contributed by atoms with Gasteiger partial charge in [0.15, 0.2) is 0 Å². The largest absolute Gasteiger partial charge is 0.380 e. The number of rotatable bonds is 4. The molecule has 3 nitrogen and oxygen atoms in total. The highest BCUT2D eigenvalue weighted by atomic mass is 16.5. The van der Waals surface area contributed by atoms with E-state index >= 15 is 0 Å². The fourth-order valence-corrected chi connectivity index (χ4v) is 3.19. The SMILES string of the molecule is CCC1CCCCCN1CC1(C=O)CCOC1. The highest BCUT2D eigenvalue weighted by molar-refractivity contribution is 5.60. The molecule has 2 fully saturated rings. The molecule has 98 valence electrons.